The normalized spacial score (nSPS) is 10.6. The van der Waals surface area contributed by atoms with Crippen LogP contribution in [0.3, 0.4) is 0 Å². The molecule has 0 bridgehead atoms. The summed E-state index contributed by atoms with van der Waals surface area (Å²) >= 11 is 0. The minimum atomic E-state index is -0.683. The summed E-state index contributed by atoms with van der Waals surface area (Å²) in [6.07, 6.45) is 1.42. The SMILES string of the molecule is C.CC(=O)c1cc2c(OC(=O)CCCCN)c3ccccc3c(OC(=O)NCCCN)c2o1. The third kappa shape index (κ3) is 6.09. The van der Waals surface area contributed by atoms with Crippen LogP contribution in [0.1, 0.15) is 50.6 Å². The van der Waals surface area contributed by atoms with Crippen LogP contribution in [0.5, 0.6) is 11.5 Å². The van der Waals surface area contributed by atoms with Gasteiger partial charge in [0.1, 0.15) is 5.75 Å². The first-order valence-corrected chi connectivity index (χ1v) is 10.5. The number of amides is 1. The van der Waals surface area contributed by atoms with Crippen LogP contribution in [0.4, 0.5) is 4.79 Å². The van der Waals surface area contributed by atoms with E-state index in [1.165, 1.54) is 13.0 Å². The number of fused-ring (bicyclic) bond motifs is 2. The van der Waals surface area contributed by atoms with E-state index in [2.05, 4.69) is 5.32 Å². The largest absolute Gasteiger partial charge is 0.449 e. The molecule has 0 saturated heterocycles. The first kappa shape index (κ1) is 25.8. The molecule has 0 atom stereocenters. The van der Waals surface area contributed by atoms with Gasteiger partial charge in [0, 0.05) is 30.7 Å². The second kappa shape index (κ2) is 12.0. The maximum atomic E-state index is 12.5. The molecule has 2 aromatic carbocycles. The molecule has 3 aromatic rings. The average Bonchev–Trinajstić information content (AvgIpc) is 3.22. The molecular weight excluding hydrogens is 426 g/mol. The Morgan fingerprint density at radius 1 is 0.939 bits per heavy atom. The zero-order valence-electron chi connectivity index (χ0n) is 17.9. The van der Waals surface area contributed by atoms with Gasteiger partial charge in [0.25, 0.3) is 0 Å². The highest BCUT2D eigenvalue weighted by Crippen LogP contribution is 2.44. The van der Waals surface area contributed by atoms with E-state index in [0.29, 0.717) is 55.1 Å². The Balaban J connectivity index is 0.00000385. The Morgan fingerprint density at radius 2 is 1.61 bits per heavy atom. The van der Waals surface area contributed by atoms with E-state index in [4.69, 9.17) is 25.4 Å². The summed E-state index contributed by atoms with van der Waals surface area (Å²) in [5.41, 5.74) is 11.1. The molecule has 0 saturated carbocycles. The molecule has 0 aliphatic rings. The zero-order valence-corrected chi connectivity index (χ0v) is 17.9. The summed E-state index contributed by atoms with van der Waals surface area (Å²) in [4.78, 5) is 36.8. The van der Waals surface area contributed by atoms with Crippen molar-refractivity contribution >= 4 is 39.6 Å². The van der Waals surface area contributed by atoms with E-state index in [1.54, 1.807) is 24.3 Å². The highest BCUT2D eigenvalue weighted by atomic mass is 16.6. The van der Waals surface area contributed by atoms with Gasteiger partial charge in [0.2, 0.25) is 0 Å². The number of rotatable bonds is 10. The standard InChI is InChI=1S/C23H27N3O6.CH4/c1-14(27)18-13-17-20(31-19(28)9-4-5-10-24)15-7-2-3-8-16(15)21(22(17)30-18)32-23(29)26-12-6-11-25;/h2-3,7-8,13H,4-6,9-12,24-25H2,1H3,(H,26,29);1H4. The van der Waals surface area contributed by atoms with Crippen molar-refractivity contribution in [3.8, 4) is 11.5 Å². The van der Waals surface area contributed by atoms with Crippen LogP contribution in [0.2, 0.25) is 0 Å². The van der Waals surface area contributed by atoms with E-state index in [-0.39, 0.29) is 42.5 Å². The van der Waals surface area contributed by atoms with E-state index in [9.17, 15) is 14.4 Å². The number of unbranched alkanes of at least 4 members (excludes halogenated alkanes) is 1. The predicted molar refractivity (Wildman–Crippen MR) is 127 cm³/mol. The van der Waals surface area contributed by atoms with Crippen LogP contribution in [-0.2, 0) is 4.79 Å². The smallest absolute Gasteiger partial charge is 0.412 e. The molecule has 0 unspecified atom stereocenters. The number of ketones is 1. The Bertz CT molecular complexity index is 1060. The Hall–Kier alpha value is -3.43. The van der Waals surface area contributed by atoms with Crippen molar-refractivity contribution in [2.45, 2.75) is 40.0 Å². The predicted octanol–water partition coefficient (Wildman–Crippen LogP) is 3.90. The van der Waals surface area contributed by atoms with Crippen LogP contribution in [-0.4, -0.2) is 37.5 Å². The van der Waals surface area contributed by atoms with Crippen molar-refractivity contribution in [3.05, 3.63) is 36.1 Å². The fourth-order valence-electron chi connectivity index (χ4n) is 3.26. The van der Waals surface area contributed by atoms with Crippen molar-refractivity contribution in [3.63, 3.8) is 0 Å². The maximum Gasteiger partial charge on any atom is 0.412 e. The number of ether oxygens (including phenoxy) is 2. The van der Waals surface area contributed by atoms with Crippen molar-refractivity contribution in [2.24, 2.45) is 11.5 Å². The fourth-order valence-corrected chi connectivity index (χ4v) is 3.26. The third-order valence-electron chi connectivity index (χ3n) is 4.84. The number of furan rings is 1. The Labute approximate surface area is 192 Å². The van der Waals surface area contributed by atoms with Gasteiger partial charge >= 0.3 is 12.1 Å². The lowest BCUT2D eigenvalue weighted by Gasteiger charge is -2.14. The number of nitrogens with one attached hydrogen (secondary N) is 1. The number of benzene rings is 2. The summed E-state index contributed by atoms with van der Waals surface area (Å²) in [6.45, 7) is 2.63. The van der Waals surface area contributed by atoms with Crippen molar-refractivity contribution in [1.29, 1.82) is 0 Å². The van der Waals surface area contributed by atoms with E-state index in [0.717, 1.165) is 0 Å². The van der Waals surface area contributed by atoms with Crippen LogP contribution in [0.25, 0.3) is 21.7 Å². The number of esters is 1. The molecule has 1 aromatic heterocycles. The first-order chi connectivity index (χ1) is 15.5. The second-order valence-electron chi connectivity index (χ2n) is 7.29. The zero-order chi connectivity index (χ0) is 23.1. The molecule has 9 nitrogen and oxygen atoms in total. The topological polar surface area (TPSA) is 147 Å². The maximum absolute atomic E-state index is 12.5. The van der Waals surface area contributed by atoms with E-state index in [1.807, 2.05) is 0 Å². The van der Waals surface area contributed by atoms with E-state index < -0.39 is 12.1 Å². The molecule has 33 heavy (non-hydrogen) atoms. The Morgan fingerprint density at radius 3 is 2.24 bits per heavy atom. The minimum absolute atomic E-state index is 0. The van der Waals surface area contributed by atoms with Gasteiger partial charge in [-0.1, -0.05) is 31.7 Å². The number of Topliss-reactive ketones (excluding diaryl/α,β-unsaturated/α-hetero) is 1. The molecule has 0 aliphatic heterocycles. The van der Waals surface area contributed by atoms with Crippen LogP contribution >= 0.6 is 0 Å². The number of hydrogen-bond donors (Lipinski definition) is 3. The molecular formula is C24H31N3O6. The van der Waals surface area contributed by atoms with Gasteiger partial charge < -0.3 is 30.7 Å². The van der Waals surface area contributed by atoms with Gasteiger partial charge in [-0.05, 0) is 38.4 Å². The average molecular weight is 458 g/mol. The van der Waals surface area contributed by atoms with Crippen molar-refractivity contribution < 1.29 is 28.3 Å². The first-order valence-electron chi connectivity index (χ1n) is 10.5. The molecule has 178 valence electrons. The molecule has 0 aliphatic carbocycles. The highest BCUT2D eigenvalue weighted by Gasteiger charge is 2.24. The summed E-state index contributed by atoms with van der Waals surface area (Å²) in [6, 6.07) is 8.49. The fraction of sp³-hybridized carbons (Fsp3) is 0.375. The summed E-state index contributed by atoms with van der Waals surface area (Å²) in [5.74, 6) is -0.298. The number of carbonyl (C=O) groups excluding carboxylic acids is 3. The number of nitrogens with two attached hydrogens (primary N) is 2. The van der Waals surface area contributed by atoms with Crippen molar-refractivity contribution in [1.82, 2.24) is 5.32 Å². The molecule has 1 heterocycles. The lowest BCUT2D eigenvalue weighted by molar-refractivity contribution is -0.134. The Kier molecular flexibility index (Phi) is 9.38. The quantitative estimate of drug-likeness (QED) is 0.180. The summed E-state index contributed by atoms with van der Waals surface area (Å²) in [5, 5.41) is 4.04. The van der Waals surface area contributed by atoms with Gasteiger partial charge in [-0.3, -0.25) is 9.59 Å². The molecule has 1 amide bonds. The third-order valence-corrected chi connectivity index (χ3v) is 4.84. The van der Waals surface area contributed by atoms with Crippen LogP contribution in [0.15, 0.2) is 34.7 Å². The monoisotopic (exact) mass is 457 g/mol. The van der Waals surface area contributed by atoms with Gasteiger partial charge in [-0.25, -0.2) is 4.79 Å². The lowest BCUT2D eigenvalue weighted by Crippen LogP contribution is -2.29. The second-order valence-corrected chi connectivity index (χ2v) is 7.29. The molecule has 3 rings (SSSR count). The summed E-state index contributed by atoms with van der Waals surface area (Å²) in [7, 11) is 0. The van der Waals surface area contributed by atoms with E-state index >= 15 is 0 Å². The minimum Gasteiger partial charge on any atom is -0.449 e. The van der Waals surface area contributed by atoms with Crippen molar-refractivity contribution in [2.75, 3.05) is 19.6 Å². The molecule has 0 fully saturated rings. The van der Waals surface area contributed by atoms with Crippen LogP contribution < -0.4 is 26.3 Å². The molecule has 5 N–H and O–H groups in total. The van der Waals surface area contributed by atoms with Crippen LogP contribution in [0, 0.1) is 0 Å². The number of hydrogen-bond acceptors (Lipinski definition) is 8. The molecule has 0 spiro atoms. The summed E-state index contributed by atoms with van der Waals surface area (Å²) < 4.78 is 17.0. The van der Waals surface area contributed by atoms with Gasteiger partial charge in [-0.2, -0.15) is 0 Å². The van der Waals surface area contributed by atoms with Gasteiger partial charge in [0.05, 0.1) is 5.39 Å². The van der Waals surface area contributed by atoms with Gasteiger partial charge in [0.15, 0.2) is 22.9 Å². The lowest BCUT2D eigenvalue weighted by atomic mass is 10.0. The highest BCUT2D eigenvalue weighted by molar-refractivity contribution is 6.12. The molecule has 0 radical (unpaired) electrons. The number of carbonyl (C=O) groups is 3. The molecule has 9 heteroatoms. The van der Waals surface area contributed by atoms with Gasteiger partial charge in [-0.15, -0.1) is 0 Å².